The minimum Gasteiger partial charge on any atom is -0.317 e. The Morgan fingerprint density at radius 3 is 2.80 bits per heavy atom. The van der Waals surface area contributed by atoms with Gasteiger partial charge in [0.25, 0.3) is 0 Å². The molecule has 0 aromatic carbocycles. The number of aromatic nitrogens is 1. The van der Waals surface area contributed by atoms with Crippen molar-refractivity contribution in [3.8, 4) is 0 Å². The zero-order valence-corrected chi connectivity index (χ0v) is 10.9. The molecule has 0 amide bonds. The van der Waals surface area contributed by atoms with Gasteiger partial charge in [0.15, 0.2) is 0 Å². The normalized spacial score (nSPS) is 23.3. The summed E-state index contributed by atoms with van der Waals surface area (Å²) in [7, 11) is -1.16. The molecule has 82 valence electrons. The van der Waals surface area contributed by atoms with E-state index >= 15 is 0 Å². The Hall–Kier alpha value is -0.673. The molecule has 15 heavy (non-hydrogen) atoms. The van der Waals surface area contributed by atoms with Crippen LogP contribution in [0.15, 0.2) is 24.5 Å². The van der Waals surface area contributed by atoms with Crippen LogP contribution in [0.25, 0.3) is 0 Å². The fraction of sp³-hybridized carbons (Fsp3) is 0.583. The van der Waals surface area contributed by atoms with Crippen LogP contribution in [-0.4, -0.2) is 24.3 Å². The molecule has 1 aromatic rings. The molecule has 0 bridgehead atoms. The molecule has 0 saturated carbocycles. The van der Waals surface area contributed by atoms with Crippen molar-refractivity contribution >= 4 is 8.24 Å². The smallest absolute Gasteiger partial charge is 0.119 e. The van der Waals surface area contributed by atoms with Crippen LogP contribution in [0, 0.1) is 0 Å². The van der Waals surface area contributed by atoms with Crippen LogP contribution < -0.4 is 0 Å². The number of rotatable bonds is 2. The van der Waals surface area contributed by atoms with Gasteiger partial charge in [-0.05, 0) is 31.0 Å². The van der Waals surface area contributed by atoms with Gasteiger partial charge < -0.3 is 4.57 Å². The minimum atomic E-state index is -1.16. The van der Waals surface area contributed by atoms with Crippen molar-refractivity contribution in [1.82, 2.24) is 9.55 Å². The summed E-state index contributed by atoms with van der Waals surface area (Å²) in [5.74, 6) is 0. The molecule has 0 radical (unpaired) electrons. The highest BCUT2D eigenvalue weighted by molar-refractivity contribution is 6.73. The Morgan fingerprint density at radius 2 is 2.20 bits per heavy atom. The number of nitrogens with zero attached hydrogens (tertiary/aromatic N) is 2. The lowest BCUT2D eigenvalue weighted by Crippen LogP contribution is -2.45. The maximum Gasteiger partial charge on any atom is 0.119 e. The molecule has 1 aliphatic rings. The largest absolute Gasteiger partial charge is 0.317 e. The molecular weight excluding hydrogens is 200 g/mol. The standard InChI is InChI=1S/C12H20N2Si/c1-15(2,3)14-9-5-7-12(14)11-6-4-8-13-10-11/h4,6,8,10,12H,5,7,9H2,1-3H3. The van der Waals surface area contributed by atoms with Crippen molar-refractivity contribution in [2.45, 2.75) is 38.5 Å². The Balaban J connectivity index is 2.23. The van der Waals surface area contributed by atoms with Gasteiger partial charge in [-0.25, -0.2) is 0 Å². The van der Waals surface area contributed by atoms with Gasteiger partial charge in [0.2, 0.25) is 0 Å². The summed E-state index contributed by atoms with van der Waals surface area (Å²) in [5, 5.41) is 0. The van der Waals surface area contributed by atoms with Crippen molar-refractivity contribution in [2.24, 2.45) is 0 Å². The second-order valence-corrected chi connectivity index (χ2v) is 10.2. The highest BCUT2D eigenvalue weighted by atomic mass is 28.3. The summed E-state index contributed by atoms with van der Waals surface area (Å²) in [6.45, 7) is 8.57. The van der Waals surface area contributed by atoms with E-state index in [-0.39, 0.29) is 0 Å². The molecule has 0 aliphatic carbocycles. The first-order valence-corrected chi connectivity index (χ1v) is 9.20. The van der Waals surface area contributed by atoms with E-state index in [2.05, 4.69) is 41.3 Å². The van der Waals surface area contributed by atoms with Gasteiger partial charge >= 0.3 is 0 Å². The van der Waals surface area contributed by atoms with Crippen molar-refractivity contribution in [2.75, 3.05) is 6.54 Å². The lowest BCUT2D eigenvalue weighted by molar-refractivity contribution is 0.404. The van der Waals surface area contributed by atoms with Gasteiger partial charge in [0, 0.05) is 18.4 Å². The summed E-state index contributed by atoms with van der Waals surface area (Å²) in [5.41, 5.74) is 1.40. The Bertz CT molecular complexity index is 318. The van der Waals surface area contributed by atoms with Crippen molar-refractivity contribution in [3.05, 3.63) is 30.1 Å². The van der Waals surface area contributed by atoms with Crippen LogP contribution in [0.3, 0.4) is 0 Å². The van der Waals surface area contributed by atoms with Crippen LogP contribution in [0.5, 0.6) is 0 Å². The van der Waals surface area contributed by atoms with Gasteiger partial charge in [-0.1, -0.05) is 25.7 Å². The third-order valence-corrected chi connectivity index (χ3v) is 5.44. The fourth-order valence-electron chi connectivity index (χ4n) is 2.49. The van der Waals surface area contributed by atoms with Crippen LogP contribution in [0.4, 0.5) is 0 Å². The summed E-state index contributed by atoms with van der Waals surface area (Å²) in [4.78, 5) is 4.23. The minimum absolute atomic E-state index is 0.630. The number of pyridine rings is 1. The van der Waals surface area contributed by atoms with E-state index in [9.17, 15) is 0 Å². The van der Waals surface area contributed by atoms with Gasteiger partial charge in [0.05, 0.1) is 0 Å². The molecule has 1 aliphatic heterocycles. The molecule has 3 heteroatoms. The predicted molar refractivity (Wildman–Crippen MR) is 66.3 cm³/mol. The maximum absolute atomic E-state index is 4.23. The van der Waals surface area contributed by atoms with E-state index in [0.29, 0.717) is 6.04 Å². The predicted octanol–water partition coefficient (Wildman–Crippen LogP) is 3.05. The molecule has 1 fully saturated rings. The number of hydrogen-bond acceptors (Lipinski definition) is 2. The Kier molecular flexibility index (Phi) is 2.93. The van der Waals surface area contributed by atoms with Crippen molar-refractivity contribution in [3.63, 3.8) is 0 Å². The lowest BCUT2D eigenvalue weighted by Gasteiger charge is -2.35. The molecule has 0 N–H and O–H groups in total. The summed E-state index contributed by atoms with van der Waals surface area (Å²) >= 11 is 0. The van der Waals surface area contributed by atoms with E-state index in [0.717, 1.165) is 0 Å². The quantitative estimate of drug-likeness (QED) is 0.712. The third kappa shape index (κ3) is 2.29. The van der Waals surface area contributed by atoms with Crippen LogP contribution in [-0.2, 0) is 0 Å². The zero-order chi connectivity index (χ0) is 10.9. The maximum atomic E-state index is 4.23. The zero-order valence-electron chi connectivity index (χ0n) is 9.90. The summed E-state index contributed by atoms with van der Waals surface area (Å²) in [6.07, 6.45) is 6.53. The van der Waals surface area contributed by atoms with Crippen LogP contribution in [0.1, 0.15) is 24.4 Å². The summed E-state index contributed by atoms with van der Waals surface area (Å²) < 4.78 is 2.73. The molecule has 1 aromatic heterocycles. The topological polar surface area (TPSA) is 16.1 Å². The van der Waals surface area contributed by atoms with Gasteiger partial charge in [-0.2, -0.15) is 0 Å². The molecule has 1 saturated heterocycles. The molecule has 0 spiro atoms. The second-order valence-electron chi connectivity index (χ2n) is 5.31. The highest BCUT2D eigenvalue weighted by Gasteiger charge is 2.34. The highest BCUT2D eigenvalue weighted by Crippen LogP contribution is 2.35. The van der Waals surface area contributed by atoms with Gasteiger partial charge in [-0.15, -0.1) is 0 Å². The number of hydrogen-bond donors (Lipinski definition) is 0. The van der Waals surface area contributed by atoms with E-state index in [4.69, 9.17) is 0 Å². The first-order valence-electron chi connectivity index (χ1n) is 5.76. The third-order valence-electron chi connectivity index (χ3n) is 3.18. The fourth-order valence-corrected chi connectivity index (χ4v) is 4.53. The molecule has 1 atom stereocenters. The average Bonchev–Trinajstić information content (AvgIpc) is 2.67. The molecular formula is C12H20N2Si. The van der Waals surface area contributed by atoms with Gasteiger partial charge in [-0.3, -0.25) is 4.98 Å². The SMILES string of the molecule is C[Si](C)(C)N1CCCC1c1cccnc1. The second kappa shape index (κ2) is 4.06. The molecule has 2 rings (SSSR count). The van der Waals surface area contributed by atoms with Crippen molar-refractivity contribution < 1.29 is 0 Å². The van der Waals surface area contributed by atoms with Crippen LogP contribution >= 0.6 is 0 Å². The lowest BCUT2D eigenvalue weighted by atomic mass is 10.1. The van der Waals surface area contributed by atoms with E-state index in [1.165, 1.54) is 24.9 Å². The van der Waals surface area contributed by atoms with Gasteiger partial charge in [0.1, 0.15) is 8.24 Å². The van der Waals surface area contributed by atoms with Crippen molar-refractivity contribution in [1.29, 1.82) is 0 Å². The summed E-state index contributed by atoms with van der Waals surface area (Å²) in [6, 6.07) is 4.90. The first kappa shape index (κ1) is 10.8. The van der Waals surface area contributed by atoms with E-state index in [1.807, 2.05) is 12.4 Å². The van der Waals surface area contributed by atoms with E-state index < -0.39 is 8.24 Å². The molecule has 1 unspecified atom stereocenters. The molecule has 2 nitrogen and oxygen atoms in total. The Morgan fingerprint density at radius 1 is 1.40 bits per heavy atom. The van der Waals surface area contributed by atoms with E-state index in [1.54, 1.807) is 0 Å². The Labute approximate surface area is 93.4 Å². The first-order chi connectivity index (χ1) is 7.09. The monoisotopic (exact) mass is 220 g/mol. The average molecular weight is 220 g/mol. The molecule has 2 heterocycles. The van der Waals surface area contributed by atoms with Crippen LogP contribution in [0.2, 0.25) is 19.6 Å².